The lowest BCUT2D eigenvalue weighted by atomic mass is 10.2. The van der Waals surface area contributed by atoms with Gasteiger partial charge in [0.2, 0.25) is 0 Å². The van der Waals surface area contributed by atoms with Crippen molar-refractivity contribution in [3.8, 4) is 11.5 Å². The second-order valence-corrected chi connectivity index (χ2v) is 5.59. The van der Waals surface area contributed by atoms with Gasteiger partial charge in [-0.3, -0.25) is 9.78 Å². The number of hydrogen-bond acceptors (Lipinski definition) is 5. The molecule has 0 unspecified atom stereocenters. The highest BCUT2D eigenvalue weighted by Gasteiger charge is 2.13. The van der Waals surface area contributed by atoms with Crippen LogP contribution in [0.5, 0.6) is 11.5 Å². The number of pyridine rings is 1. The zero-order valence-electron chi connectivity index (χ0n) is 14.8. The average Bonchev–Trinajstić information content (AvgIpc) is 2.68. The Morgan fingerprint density at radius 2 is 1.81 bits per heavy atom. The summed E-state index contributed by atoms with van der Waals surface area (Å²) >= 11 is 0. The van der Waals surface area contributed by atoms with Crippen molar-refractivity contribution in [3.05, 3.63) is 72.3 Å². The molecule has 0 aliphatic heterocycles. The minimum atomic E-state index is -0.413. The molecule has 0 saturated heterocycles. The Morgan fingerprint density at radius 3 is 2.56 bits per heavy atom. The van der Waals surface area contributed by atoms with Crippen molar-refractivity contribution < 1.29 is 18.7 Å². The molecule has 1 amide bonds. The number of aromatic nitrogens is 1. The van der Waals surface area contributed by atoms with Gasteiger partial charge in [-0.2, -0.15) is 0 Å². The number of methoxy groups -OCH3 is 2. The second kappa shape index (κ2) is 8.18. The van der Waals surface area contributed by atoms with Gasteiger partial charge in [0.25, 0.3) is 5.91 Å². The van der Waals surface area contributed by atoms with E-state index in [4.69, 9.17) is 9.47 Å². The number of nitrogens with one attached hydrogen (secondary N) is 2. The van der Waals surface area contributed by atoms with E-state index in [-0.39, 0.29) is 11.5 Å². The molecule has 3 aromatic rings. The fourth-order valence-electron chi connectivity index (χ4n) is 2.46. The molecule has 1 aromatic heterocycles. The smallest absolute Gasteiger partial charge is 0.274 e. The number of amides is 1. The molecule has 0 fully saturated rings. The Balaban J connectivity index is 1.80. The lowest BCUT2D eigenvalue weighted by Gasteiger charge is -2.12. The first-order valence-corrected chi connectivity index (χ1v) is 8.11. The van der Waals surface area contributed by atoms with Crippen molar-refractivity contribution >= 4 is 23.0 Å². The topological polar surface area (TPSA) is 72.5 Å². The van der Waals surface area contributed by atoms with E-state index < -0.39 is 5.91 Å². The zero-order valence-corrected chi connectivity index (χ0v) is 14.8. The molecule has 0 saturated carbocycles. The largest absolute Gasteiger partial charge is 0.497 e. The highest BCUT2D eigenvalue weighted by Crippen LogP contribution is 2.29. The maximum absolute atomic E-state index is 13.3. The average molecular weight is 367 g/mol. The summed E-state index contributed by atoms with van der Waals surface area (Å²) in [4.78, 5) is 16.7. The molecular formula is C20H18FN3O3. The predicted octanol–water partition coefficient (Wildman–Crippen LogP) is 4.23. The highest BCUT2D eigenvalue weighted by molar-refractivity contribution is 6.04. The number of ether oxygens (including phenoxy) is 2. The molecule has 2 aromatic carbocycles. The zero-order chi connectivity index (χ0) is 19.2. The maximum Gasteiger partial charge on any atom is 0.274 e. The number of carbonyl (C=O) groups is 1. The fourth-order valence-corrected chi connectivity index (χ4v) is 2.46. The van der Waals surface area contributed by atoms with Crippen molar-refractivity contribution in [1.29, 1.82) is 0 Å². The minimum Gasteiger partial charge on any atom is -0.497 e. The van der Waals surface area contributed by atoms with E-state index in [0.717, 1.165) is 0 Å². The standard InChI is InChI=1S/C20H18FN3O3/c1-26-16-6-7-19(27-2)17(12-16)24-20(25)18-11-15(8-9-22-18)23-14-5-3-4-13(21)10-14/h3-12H,1-2H3,(H,22,23)(H,24,25). The van der Waals surface area contributed by atoms with Crippen LogP contribution in [0.25, 0.3) is 0 Å². The van der Waals surface area contributed by atoms with E-state index in [2.05, 4.69) is 15.6 Å². The molecule has 0 atom stereocenters. The molecule has 27 heavy (non-hydrogen) atoms. The molecule has 0 radical (unpaired) electrons. The van der Waals surface area contributed by atoms with Gasteiger partial charge in [-0.25, -0.2) is 4.39 Å². The van der Waals surface area contributed by atoms with Gasteiger partial charge in [0.05, 0.1) is 19.9 Å². The van der Waals surface area contributed by atoms with Gasteiger partial charge in [-0.15, -0.1) is 0 Å². The monoisotopic (exact) mass is 367 g/mol. The van der Waals surface area contributed by atoms with Gasteiger partial charge in [-0.05, 0) is 42.5 Å². The van der Waals surface area contributed by atoms with Crippen LogP contribution in [0, 0.1) is 5.82 Å². The van der Waals surface area contributed by atoms with Crippen molar-refractivity contribution in [2.75, 3.05) is 24.9 Å². The van der Waals surface area contributed by atoms with Gasteiger partial charge in [0.15, 0.2) is 0 Å². The van der Waals surface area contributed by atoms with Crippen molar-refractivity contribution in [3.63, 3.8) is 0 Å². The van der Waals surface area contributed by atoms with Gasteiger partial charge >= 0.3 is 0 Å². The summed E-state index contributed by atoms with van der Waals surface area (Å²) in [5.74, 6) is 0.320. The van der Waals surface area contributed by atoms with E-state index in [1.807, 2.05) is 0 Å². The second-order valence-electron chi connectivity index (χ2n) is 5.59. The fraction of sp³-hybridized carbons (Fsp3) is 0.100. The number of halogens is 1. The SMILES string of the molecule is COc1ccc(OC)c(NC(=O)c2cc(Nc3cccc(F)c3)ccn2)c1. The maximum atomic E-state index is 13.3. The van der Waals surface area contributed by atoms with Crippen LogP contribution in [0.15, 0.2) is 60.8 Å². The third-order valence-electron chi connectivity index (χ3n) is 3.76. The molecule has 1 heterocycles. The number of carbonyl (C=O) groups excluding carboxylic acids is 1. The number of benzene rings is 2. The van der Waals surface area contributed by atoms with E-state index in [9.17, 15) is 9.18 Å². The third-order valence-corrected chi connectivity index (χ3v) is 3.76. The van der Waals surface area contributed by atoms with E-state index in [1.165, 1.54) is 32.5 Å². The molecule has 138 valence electrons. The van der Waals surface area contributed by atoms with Crippen LogP contribution >= 0.6 is 0 Å². The summed E-state index contributed by atoms with van der Waals surface area (Å²) in [7, 11) is 3.05. The first kappa shape index (κ1) is 18.2. The molecule has 0 aliphatic rings. The number of anilines is 3. The first-order valence-electron chi connectivity index (χ1n) is 8.11. The number of hydrogen-bond donors (Lipinski definition) is 2. The molecular weight excluding hydrogens is 349 g/mol. The summed E-state index contributed by atoms with van der Waals surface area (Å²) in [5.41, 5.74) is 1.84. The van der Waals surface area contributed by atoms with Crippen LogP contribution in [-0.4, -0.2) is 25.1 Å². The Morgan fingerprint density at radius 1 is 1.00 bits per heavy atom. The van der Waals surface area contributed by atoms with Gasteiger partial charge in [0, 0.05) is 23.6 Å². The normalized spacial score (nSPS) is 10.2. The Labute approximate surface area is 156 Å². The van der Waals surface area contributed by atoms with Crippen LogP contribution in [-0.2, 0) is 0 Å². The van der Waals surface area contributed by atoms with Gasteiger partial charge in [0.1, 0.15) is 23.0 Å². The lowest BCUT2D eigenvalue weighted by Crippen LogP contribution is -2.14. The molecule has 2 N–H and O–H groups in total. The lowest BCUT2D eigenvalue weighted by molar-refractivity contribution is 0.102. The third kappa shape index (κ3) is 4.52. The van der Waals surface area contributed by atoms with Crippen LogP contribution in [0.1, 0.15) is 10.5 Å². The number of nitrogens with zero attached hydrogens (tertiary/aromatic N) is 1. The summed E-state index contributed by atoms with van der Waals surface area (Å²) < 4.78 is 23.7. The van der Waals surface area contributed by atoms with E-state index in [1.54, 1.807) is 42.5 Å². The van der Waals surface area contributed by atoms with Crippen LogP contribution in [0.4, 0.5) is 21.5 Å². The number of rotatable bonds is 6. The summed E-state index contributed by atoms with van der Waals surface area (Å²) in [6.07, 6.45) is 1.50. The molecule has 3 rings (SSSR count). The Bertz CT molecular complexity index is 963. The highest BCUT2D eigenvalue weighted by atomic mass is 19.1. The van der Waals surface area contributed by atoms with E-state index in [0.29, 0.717) is 28.6 Å². The van der Waals surface area contributed by atoms with Crippen molar-refractivity contribution in [2.45, 2.75) is 0 Å². The summed E-state index contributed by atoms with van der Waals surface area (Å²) in [6.45, 7) is 0. The summed E-state index contributed by atoms with van der Waals surface area (Å²) in [5, 5.41) is 5.80. The Hall–Kier alpha value is -3.61. The van der Waals surface area contributed by atoms with Crippen molar-refractivity contribution in [1.82, 2.24) is 4.98 Å². The van der Waals surface area contributed by atoms with Gasteiger partial charge < -0.3 is 20.1 Å². The molecule has 0 aliphatic carbocycles. The molecule has 6 nitrogen and oxygen atoms in total. The Kier molecular flexibility index (Phi) is 5.51. The molecule has 0 bridgehead atoms. The van der Waals surface area contributed by atoms with Crippen LogP contribution in [0.3, 0.4) is 0 Å². The molecule has 0 spiro atoms. The van der Waals surface area contributed by atoms with Crippen LogP contribution in [0.2, 0.25) is 0 Å². The van der Waals surface area contributed by atoms with Gasteiger partial charge in [-0.1, -0.05) is 6.07 Å². The summed E-state index contributed by atoms with van der Waals surface area (Å²) in [6, 6.07) is 14.4. The molecule has 7 heteroatoms. The van der Waals surface area contributed by atoms with Crippen LogP contribution < -0.4 is 20.1 Å². The minimum absolute atomic E-state index is 0.196. The quantitative estimate of drug-likeness (QED) is 0.682. The first-order chi connectivity index (χ1) is 13.1. The van der Waals surface area contributed by atoms with Crippen molar-refractivity contribution in [2.24, 2.45) is 0 Å². The predicted molar refractivity (Wildman–Crippen MR) is 101 cm³/mol. The van der Waals surface area contributed by atoms with E-state index >= 15 is 0 Å².